The molecule has 0 radical (unpaired) electrons. The summed E-state index contributed by atoms with van der Waals surface area (Å²) in [6.07, 6.45) is 0.804. The molecule has 0 N–H and O–H groups in total. The number of fused-ring (bicyclic) bond motifs is 1. The van der Waals surface area contributed by atoms with Gasteiger partial charge in [-0.05, 0) is 36.4 Å². The van der Waals surface area contributed by atoms with E-state index in [4.69, 9.17) is 0 Å². The molecule has 0 fully saturated rings. The van der Waals surface area contributed by atoms with E-state index >= 15 is 0 Å². The molecule has 0 saturated carbocycles. The van der Waals surface area contributed by atoms with Crippen LogP contribution in [0.4, 0.5) is 11.5 Å². The molecule has 2 aromatic rings. The molecule has 120 valence electrons. The minimum absolute atomic E-state index is 0.0379. The summed E-state index contributed by atoms with van der Waals surface area (Å²) in [4.78, 5) is 29.9. The second-order valence-electron chi connectivity index (χ2n) is 5.21. The summed E-state index contributed by atoms with van der Waals surface area (Å²) in [6.45, 7) is 2.61. The van der Waals surface area contributed by atoms with Gasteiger partial charge in [-0.3, -0.25) is 10.1 Å². The van der Waals surface area contributed by atoms with Gasteiger partial charge in [-0.1, -0.05) is 0 Å². The first kappa shape index (κ1) is 15.4. The first-order chi connectivity index (χ1) is 11.0. The standard InChI is InChI=1S/C15H15N3O4S/c1-9-10-6-8-23-13(10)5-7-17(9)14-12(18(20)21)4-3-11(16-14)15(19)22-2/h3-4,6,8-9H,5,7H2,1-2H3. The van der Waals surface area contributed by atoms with Crippen molar-refractivity contribution in [2.75, 3.05) is 18.6 Å². The highest BCUT2D eigenvalue weighted by Crippen LogP contribution is 2.38. The molecule has 3 heterocycles. The fourth-order valence-electron chi connectivity index (χ4n) is 2.81. The van der Waals surface area contributed by atoms with Gasteiger partial charge < -0.3 is 9.64 Å². The van der Waals surface area contributed by atoms with Gasteiger partial charge in [0.15, 0.2) is 5.69 Å². The normalized spacial score (nSPS) is 16.8. The lowest BCUT2D eigenvalue weighted by molar-refractivity contribution is -0.384. The summed E-state index contributed by atoms with van der Waals surface area (Å²) in [5.74, 6) is -0.399. The van der Waals surface area contributed by atoms with Crippen LogP contribution in [-0.2, 0) is 11.2 Å². The van der Waals surface area contributed by atoms with Crippen molar-refractivity contribution in [3.63, 3.8) is 0 Å². The monoisotopic (exact) mass is 333 g/mol. The second kappa shape index (κ2) is 5.96. The zero-order valence-electron chi connectivity index (χ0n) is 12.7. The van der Waals surface area contributed by atoms with Gasteiger partial charge in [-0.2, -0.15) is 0 Å². The van der Waals surface area contributed by atoms with Crippen molar-refractivity contribution in [2.45, 2.75) is 19.4 Å². The van der Waals surface area contributed by atoms with Crippen LogP contribution >= 0.6 is 11.3 Å². The first-order valence-electron chi connectivity index (χ1n) is 7.09. The number of esters is 1. The van der Waals surface area contributed by atoms with Crippen LogP contribution in [0.3, 0.4) is 0 Å². The molecule has 0 aliphatic carbocycles. The molecule has 0 amide bonds. The summed E-state index contributed by atoms with van der Waals surface area (Å²) >= 11 is 1.69. The van der Waals surface area contributed by atoms with Crippen molar-refractivity contribution in [3.05, 3.63) is 49.8 Å². The Kier molecular flexibility index (Phi) is 3.99. The van der Waals surface area contributed by atoms with E-state index in [9.17, 15) is 14.9 Å². The lowest BCUT2D eigenvalue weighted by Gasteiger charge is -2.34. The third-order valence-corrected chi connectivity index (χ3v) is 4.99. The Balaban J connectivity index is 2.07. The van der Waals surface area contributed by atoms with Gasteiger partial charge in [0.25, 0.3) is 0 Å². The van der Waals surface area contributed by atoms with Crippen LogP contribution in [0.25, 0.3) is 0 Å². The summed E-state index contributed by atoms with van der Waals surface area (Å²) in [5, 5.41) is 13.4. The third-order valence-electron chi connectivity index (χ3n) is 4.00. The van der Waals surface area contributed by atoms with E-state index in [-0.39, 0.29) is 23.2 Å². The molecule has 1 aliphatic rings. The van der Waals surface area contributed by atoms with Crippen molar-refractivity contribution in [2.24, 2.45) is 0 Å². The SMILES string of the molecule is COC(=O)c1ccc([N+](=O)[O-])c(N2CCc3sccc3C2C)n1. The Bertz CT molecular complexity index is 774. The lowest BCUT2D eigenvalue weighted by atomic mass is 10.0. The van der Waals surface area contributed by atoms with Crippen LogP contribution in [0.5, 0.6) is 0 Å². The van der Waals surface area contributed by atoms with Gasteiger partial charge in [0.2, 0.25) is 5.82 Å². The molecule has 2 aromatic heterocycles. The van der Waals surface area contributed by atoms with E-state index in [1.165, 1.54) is 24.1 Å². The maximum Gasteiger partial charge on any atom is 0.356 e. The topological polar surface area (TPSA) is 85.6 Å². The molecule has 1 aliphatic heterocycles. The van der Waals surface area contributed by atoms with Crippen LogP contribution in [0.1, 0.15) is 33.9 Å². The van der Waals surface area contributed by atoms with Crippen molar-refractivity contribution < 1.29 is 14.5 Å². The Hall–Kier alpha value is -2.48. The number of carbonyl (C=O) groups excluding carboxylic acids is 1. The Morgan fingerprint density at radius 3 is 2.96 bits per heavy atom. The number of rotatable bonds is 3. The van der Waals surface area contributed by atoms with E-state index in [1.807, 2.05) is 23.3 Å². The molecule has 0 saturated heterocycles. The zero-order chi connectivity index (χ0) is 16.6. The number of hydrogen-bond donors (Lipinski definition) is 0. The number of ether oxygens (including phenoxy) is 1. The van der Waals surface area contributed by atoms with Gasteiger partial charge in [0, 0.05) is 17.5 Å². The maximum atomic E-state index is 11.7. The van der Waals surface area contributed by atoms with Gasteiger partial charge in [0.05, 0.1) is 18.1 Å². The Labute approximate surface area is 136 Å². The smallest absolute Gasteiger partial charge is 0.356 e. The largest absolute Gasteiger partial charge is 0.464 e. The molecular weight excluding hydrogens is 318 g/mol. The van der Waals surface area contributed by atoms with E-state index in [0.717, 1.165) is 12.0 Å². The summed E-state index contributed by atoms with van der Waals surface area (Å²) in [7, 11) is 1.26. The Morgan fingerprint density at radius 2 is 2.26 bits per heavy atom. The van der Waals surface area contributed by atoms with Gasteiger partial charge >= 0.3 is 11.7 Å². The lowest BCUT2D eigenvalue weighted by Crippen LogP contribution is -2.34. The Morgan fingerprint density at radius 1 is 1.48 bits per heavy atom. The fraction of sp³-hybridized carbons (Fsp3) is 0.333. The average Bonchev–Trinajstić information content (AvgIpc) is 3.03. The number of carbonyl (C=O) groups is 1. The summed E-state index contributed by atoms with van der Waals surface area (Å²) < 4.78 is 4.66. The molecule has 0 bridgehead atoms. The van der Waals surface area contributed by atoms with Crippen LogP contribution in [-0.4, -0.2) is 29.5 Å². The van der Waals surface area contributed by atoms with Crippen molar-refractivity contribution in [1.29, 1.82) is 0 Å². The predicted octanol–water partition coefficient (Wildman–Crippen LogP) is 2.96. The third kappa shape index (κ3) is 2.65. The summed E-state index contributed by atoms with van der Waals surface area (Å²) in [5.41, 5.74) is 1.11. The number of nitro groups is 1. The van der Waals surface area contributed by atoms with Crippen LogP contribution in [0, 0.1) is 10.1 Å². The number of aromatic nitrogens is 1. The quantitative estimate of drug-likeness (QED) is 0.488. The molecule has 1 unspecified atom stereocenters. The van der Waals surface area contributed by atoms with E-state index in [0.29, 0.717) is 6.54 Å². The van der Waals surface area contributed by atoms with Crippen LogP contribution < -0.4 is 4.90 Å². The minimum atomic E-state index is -0.609. The van der Waals surface area contributed by atoms with E-state index < -0.39 is 10.9 Å². The van der Waals surface area contributed by atoms with Gasteiger partial charge in [-0.15, -0.1) is 11.3 Å². The predicted molar refractivity (Wildman–Crippen MR) is 86.0 cm³/mol. The highest BCUT2D eigenvalue weighted by atomic mass is 32.1. The molecule has 3 rings (SSSR count). The second-order valence-corrected chi connectivity index (χ2v) is 6.21. The minimum Gasteiger partial charge on any atom is -0.464 e. The van der Waals surface area contributed by atoms with Gasteiger partial charge in [0.1, 0.15) is 0 Å². The van der Waals surface area contributed by atoms with Gasteiger partial charge in [-0.25, -0.2) is 9.78 Å². The zero-order valence-corrected chi connectivity index (χ0v) is 13.5. The molecule has 0 aromatic carbocycles. The first-order valence-corrected chi connectivity index (χ1v) is 7.97. The number of thiophene rings is 1. The molecule has 1 atom stereocenters. The van der Waals surface area contributed by atoms with Crippen molar-refractivity contribution >= 4 is 28.8 Å². The fourth-order valence-corrected chi connectivity index (χ4v) is 3.77. The molecule has 0 spiro atoms. The van der Waals surface area contributed by atoms with Crippen molar-refractivity contribution in [1.82, 2.24) is 4.98 Å². The van der Waals surface area contributed by atoms with Crippen LogP contribution in [0.2, 0.25) is 0 Å². The number of nitrogens with zero attached hydrogens (tertiary/aromatic N) is 3. The number of pyridine rings is 1. The number of anilines is 1. The molecule has 23 heavy (non-hydrogen) atoms. The number of hydrogen-bond acceptors (Lipinski definition) is 7. The van der Waals surface area contributed by atoms with E-state index in [2.05, 4.69) is 9.72 Å². The van der Waals surface area contributed by atoms with E-state index in [1.54, 1.807) is 11.3 Å². The van der Waals surface area contributed by atoms with Crippen LogP contribution in [0.15, 0.2) is 23.6 Å². The van der Waals surface area contributed by atoms with Crippen molar-refractivity contribution in [3.8, 4) is 0 Å². The highest BCUT2D eigenvalue weighted by Gasteiger charge is 2.31. The number of methoxy groups -OCH3 is 1. The molecular formula is C15H15N3O4S. The molecule has 7 nitrogen and oxygen atoms in total. The maximum absolute atomic E-state index is 11.7. The molecule has 8 heteroatoms. The summed E-state index contributed by atoms with van der Waals surface area (Å²) in [6, 6.07) is 4.62. The average molecular weight is 333 g/mol. The highest BCUT2D eigenvalue weighted by molar-refractivity contribution is 7.10.